The van der Waals surface area contributed by atoms with Crippen LogP contribution in [0.2, 0.25) is 0 Å². The first-order valence-electron chi connectivity index (χ1n) is 11.0. The van der Waals surface area contributed by atoms with Gasteiger partial charge >= 0.3 is 0 Å². The van der Waals surface area contributed by atoms with Crippen LogP contribution in [0.3, 0.4) is 0 Å². The van der Waals surface area contributed by atoms with Gasteiger partial charge in [0.25, 0.3) is 0 Å². The van der Waals surface area contributed by atoms with E-state index in [4.69, 9.17) is 0 Å². The molecule has 2 aromatic rings. The van der Waals surface area contributed by atoms with Crippen LogP contribution in [0, 0.1) is 5.82 Å². The third kappa shape index (κ3) is 7.85. The van der Waals surface area contributed by atoms with Crippen molar-refractivity contribution >= 4 is 27.5 Å². The Morgan fingerprint density at radius 1 is 1.06 bits per heavy atom. The van der Waals surface area contributed by atoms with Gasteiger partial charge in [-0.05, 0) is 37.5 Å². The Hall–Kier alpha value is -2.94. The summed E-state index contributed by atoms with van der Waals surface area (Å²) < 4.78 is 39.9. The normalized spacial score (nSPS) is 12.1. The quantitative estimate of drug-likeness (QED) is 0.476. The summed E-state index contributed by atoms with van der Waals surface area (Å²) in [6, 6.07) is 14.0. The lowest BCUT2D eigenvalue weighted by atomic mass is 10.1. The molecule has 180 valence electrons. The Kier molecular flexibility index (Phi) is 9.84. The second-order valence-electron chi connectivity index (χ2n) is 7.86. The number of rotatable bonds is 12. The van der Waals surface area contributed by atoms with Crippen LogP contribution in [-0.2, 0) is 26.0 Å². The maximum absolute atomic E-state index is 14.4. The summed E-state index contributed by atoms with van der Waals surface area (Å²) >= 11 is 0. The van der Waals surface area contributed by atoms with Crippen LogP contribution in [-0.4, -0.2) is 57.1 Å². The lowest BCUT2D eigenvalue weighted by Crippen LogP contribution is -2.52. The van der Waals surface area contributed by atoms with Crippen molar-refractivity contribution in [3.8, 4) is 0 Å². The zero-order valence-electron chi connectivity index (χ0n) is 19.3. The number of anilines is 1. The first-order chi connectivity index (χ1) is 15.6. The standard InChI is InChI=1S/C24H32FN3O4S/c1-4-5-16-26-24(30)19(2)27(17-15-20-11-7-6-8-12-20)23(29)18-28(33(3,31)32)22-14-10-9-13-21(22)25/h6-14,19H,4-5,15-18H2,1-3H3,(H,26,30)/t19-/m0/s1. The average Bonchev–Trinajstić information content (AvgIpc) is 2.78. The number of halogens is 1. The minimum Gasteiger partial charge on any atom is -0.354 e. The van der Waals surface area contributed by atoms with Crippen molar-refractivity contribution < 1.29 is 22.4 Å². The fourth-order valence-corrected chi connectivity index (χ4v) is 4.21. The number of unbranched alkanes of at least 4 members (excludes halogenated alkanes) is 1. The summed E-state index contributed by atoms with van der Waals surface area (Å²) in [5.41, 5.74) is 0.763. The molecular weight excluding hydrogens is 445 g/mol. The molecule has 0 unspecified atom stereocenters. The zero-order valence-corrected chi connectivity index (χ0v) is 20.1. The molecule has 0 radical (unpaired) electrons. The van der Waals surface area contributed by atoms with Crippen LogP contribution >= 0.6 is 0 Å². The molecule has 0 spiro atoms. The number of sulfonamides is 1. The molecule has 33 heavy (non-hydrogen) atoms. The van der Waals surface area contributed by atoms with Gasteiger partial charge in [-0.2, -0.15) is 0 Å². The molecule has 2 rings (SSSR count). The number of nitrogens with zero attached hydrogens (tertiary/aromatic N) is 2. The molecule has 0 aliphatic heterocycles. The molecule has 0 bridgehead atoms. The monoisotopic (exact) mass is 477 g/mol. The number of amides is 2. The van der Waals surface area contributed by atoms with Gasteiger partial charge in [0.2, 0.25) is 21.8 Å². The van der Waals surface area contributed by atoms with Crippen molar-refractivity contribution in [3.63, 3.8) is 0 Å². The van der Waals surface area contributed by atoms with E-state index in [0.717, 1.165) is 35.0 Å². The number of nitrogens with one attached hydrogen (secondary N) is 1. The minimum atomic E-state index is -3.95. The number of hydrogen-bond acceptors (Lipinski definition) is 4. The van der Waals surface area contributed by atoms with Gasteiger partial charge in [-0.1, -0.05) is 55.8 Å². The second-order valence-corrected chi connectivity index (χ2v) is 9.77. The SMILES string of the molecule is CCCCNC(=O)[C@H](C)N(CCc1ccccc1)C(=O)CN(c1ccccc1F)S(C)(=O)=O. The third-order valence-corrected chi connectivity index (χ3v) is 6.41. The number of benzene rings is 2. The van der Waals surface area contributed by atoms with E-state index in [-0.39, 0.29) is 18.1 Å². The highest BCUT2D eigenvalue weighted by molar-refractivity contribution is 7.92. The summed E-state index contributed by atoms with van der Waals surface area (Å²) in [6.07, 6.45) is 3.13. The van der Waals surface area contributed by atoms with Crippen molar-refractivity contribution in [3.05, 3.63) is 66.0 Å². The largest absolute Gasteiger partial charge is 0.354 e. The molecule has 1 N–H and O–H groups in total. The molecule has 0 saturated carbocycles. The number of carbonyl (C=O) groups is 2. The Bertz CT molecular complexity index is 1030. The van der Waals surface area contributed by atoms with Gasteiger partial charge < -0.3 is 10.2 Å². The number of hydrogen-bond donors (Lipinski definition) is 1. The summed E-state index contributed by atoms with van der Waals surface area (Å²) in [6.45, 7) is 3.71. The molecular formula is C24H32FN3O4S. The van der Waals surface area contributed by atoms with Gasteiger partial charge in [0.15, 0.2) is 0 Å². The van der Waals surface area contributed by atoms with Gasteiger partial charge in [-0.3, -0.25) is 13.9 Å². The Morgan fingerprint density at radius 2 is 1.70 bits per heavy atom. The van der Waals surface area contributed by atoms with E-state index in [1.165, 1.54) is 23.1 Å². The van der Waals surface area contributed by atoms with E-state index < -0.39 is 34.3 Å². The molecule has 0 aromatic heterocycles. The molecule has 0 aliphatic rings. The van der Waals surface area contributed by atoms with E-state index in [2.05, 4.69) is 5.32 Å². The molecule has 2 aromatic carbocycles. The van der Waals surface area contributed by atoms with Gasteiger partial charge in [0, 0.05) is 13.1 Å². The average molecular weight is 478 g/mol. The van der Waals surface area contributed by atoms with E-state index in [1.54, 1.807) is 6.92 Å². The highest BCUT2D eigenvalue weighted by atomic mass is 32.2. The van der Waals surface area contributed by atoms with Gasteiger partial charge in [0.1, 0.15) is 18.4 Å². The van der Waals surface area contributed by atoms with Crippen molar-refractivity contribution in [2.45, 2.75) is 39.2 Å². The lowest BCUT2D eigenvalue weighted by Gasteiger charge is -2.31. The molecule has 0 heterocycles. The highest BCUT2D eigenvalue weighted by Gasteiger charge is 2.30. The molecule has 0 fully saturated rings. The molecule has 0 aliphatic carbocycles. The molecule has 1 atom stereocenters. The topological polar surface area (TPSA) is 86.8 Å². The Balaban J connectivity index is 2.28. The third-order valence-electron chi connectivity index (χ3n) is 5.28. The molecule has 7 nitrogen and oxygen atoms in total. The number of para-hydroxylation sites is 1. The maximum Gasteiger partial charge on any atom is 0.244 e. The molecule has 9 heteroatoms. The van der Waals surface area contributed by atoms with E-state index in [0.29, 0.717) is 13.0 Å². The zero-order chi connectivity index (χ0) is 24.4. The fraction of sp³-hybridized carbons (Fsp3) is 0.417. The van der Waals surface area contributed by atoms with Crippen LogP contribution in [0.1, 0.15) is 32.3 Å². The second kappa shape index (κ2) is 12.3. The van der Waals surface area contributed by atoms with Crippen LogP contribution in [0.5, 0.6) is 0 Å². The smallest absolute Gasteiger partial charge is 0.244 e. The van der Waals surface area contributed by atoms with Gasteiger partial charge in [0.05, 0.1) is 11.9 Å². The van der Waals surface area contributed by atoms with Crippen molar-refractivity contribution in [1.82, 2.24) is 10.2 Å². The Labute approximate surface area is 195 Å². The van der Waals surface area contributed by atoms with E-state index >= 15 is 0 Å². The van der Waals surface area contributed by atoms with Crippen molar-refractivity contribution in [2.75, 3.05) is 30.2 Å². The lowest BCUT2D eigenvalue weighted by molar-refractivity contribution is -0.138. The summed E-state index contributed by atoms with van der Waals surface area (Å²) in [7, 11) is -3.95. The molecule has 0 saturated heterocycles. The van der Waals surface area contributed by atoms with Crippen molar-refractivity contribution in [1.29, 1.82) is 0 Å². The van der Waals surface area contributed by atoms with Crippen LogP contribution in [0.25, 0.3) is 0 Å². The summed E-state index contributed by atoms with van der Waals surface area (Å²) in [5.74, 6) is -1.66. The van der Waals surface area contributed by atoms with Crippen molar-refractivity contribution in [2.24, 2.45) is 0 Å². The summed E-state index contributed by atoms with van der Waals surface area (Å²) in [4.78, 5) is 27.3. The van der Waals surface area contributed by atoms with Crippen LogP contribution < -0.4 is 9.62 Å². The minimum absolute atomic E-state index is 0.208. The van der Waals surface area contributed by atoms with E-state index in [1.807, 2.05) is 37.3 Å². The molecule has 2 amide bonds. The maximum atomic E-state index is 14.4. The van der Waals surface area contributed by atoms with Gasteiger partial charge in [-0.15, -0.1) is 0 Å². The predicted molar refractivity (Wildman–Crippen MR) is 128 cm³/mol. The number of carbonyl (C=O) groups excluding carboxylic acids is 2. The highest BCUT2D eigenvalue weighted by Crippen LogP contribution is 2.22. The van der Waals surface area contributed by atoms with Crippen LogP contribution in [0.15, 0.2) is 54.6 Å². The Morgan fingerprint density at radius 3 is 2.30 bits per heavy atom. The fourth-order valence-electron chi connectivity index (χ4n) is 3.35. The first-order valence-corrected chi connectivity index (χ1v) is 12.8. The van der Waals surface area contributed by atoms with Gasteiger partial charge in [-0.25, -0.2) is 12.8 Å². The first kappa shape index (κ1) is 26.3. The van der Waals surface area contributed by atoms with Crippen LogP contribution in [0.4, 0.5) is 10.1 Å². The predicted octanol–water partition coefficient (Wildman–Crippen LogP) is 2.97. The summed E-state index contributed by atoms with van der Waals surface area (Å²) in [5, 5.41) is 2.82. The van der Waals surface area contributed by atoms with E-state index in [9.17, 15) is 22.4 Å².